The zero-order chi connectivity index (χ0) is 103. The quantitative estimate of drug-likeness (QED) is 0.0151. The van der Waals surface area contributed by atoms with Crippen LogP contribution in [0.15, 0.2) is 97.1 Å². The number of phenolic OH excluding ortho intramolecular Hbond substituents is 3. The minimum Gasteiger partial charge on any atom is -0.507 e. The van der Waals surface area contributed by atoms with Gasteiger partial charge in [-0.1, -0.05) is 119 Å². The van der Waals surface area contributed by atoms with Crippen LogP contribution in [0.25, 0.3) is 11.1 Å². The molecule has 13 rings (SSSR count). The summed E-state index contributed by atoms with van der Waals surface area (Å²) in [5.41, 5.74) is -0.273. The van der Waals surface area contributed by atoms with Gasteiger partial charge in [0.25, 0.3) is 5.91 Å². The van der Waals surface area contributed by atoms with Gasteiger partial charge in [-0.3, -0.25) is 52.1 Å². The van der Waals surface area contributed by atoms with Gasteiger partial charge in [-0.2, -0.15) is 0 Å². The Kier molecular flexibility index (Phi) is 38.3. The number of likely N-dealkylation sites (N-methyl/N-ethyl adjacent to an activating group) is 1. The number of fused-ring (bicyclic) bond motifs is 15. The number of phenols is 3. The van der Waals surface area contributed by atoms with Crippen LogP contribution >= 0.6 is 46.0 Å². The number of nitrogens with one attached hydrogen (secondary N) is 11. The van der Waals surface area contributed by atoms with E-state index in [1.165, 1.54) is 32.4 Å². The first-order valence-electron chi connectivity index (χ1n) is 45.3. The molecule has 6 aromatic rings. The van der Waals surface area contributed by atoms with E-state index in [1.54, 1.807) is 27.7 Å². The number of halogens is 2. The second-order valence-corrected chi connectivity index (χ2v) is 42.1. The van der Waals surface area contributed by atoms with Crippen molar-refractivity contribution >= 4 is 105 Å². The lowest BCUT2D eigenvalue weighted by Gasteiger charge is -2.48. The highest BCUT2D eigenvalue weighted by molar-refractivity contribution is 7.70. The van der Waals surface area contributed by atoms with Crippen LogP contribution in [-0.2, 0) is 88.8 Å². The third kappa shape index (κ3) is 28.5. The molecule has 7 heterocycles. The van der Waals surface area contributed by atoms with Crippen molar-refractivity contribution in [2.24, 2.45) is 11.7 Å². The molecule has 0 spiro atoms. The molecule has 18 unspecified atom stereocenters. The topological polar surface area (TPSA) is 731 Å². The molecule has 0 aromatic heterocycles. The third-order valence-corrected chi connectivity index (χ3v) is 29.4. The molecule has 772 valence electrons. The largest absolute Gasteiger partial charge is 0.507 e. The maximum atomic E-state index is 16.6. The first-order chi connectivity index (χ1) is 66.5. The van der Waals surface area contributed by atoms with Gasteiger partial charge in [0.1, 0.15) is 89.5 Å². The lowest BCUT2D eigenvalue weighted by atomic mass is 9.85. The molecule has 141 heavy (non-hydrogen) atoms. The van der Waals surface area contributed by atoms with Gasteiger partial charge >= 0.3 is 28.8 Å². The number of nitrogens with two attached hydrogens (primary N) is 1. The molecule has 7 aliphatic heterocycles. The number of esters is 1. The number of ether oxygens (including phenoxy) is 7. The number of amides is 8. The van der Waals surface area contributed by atoms with Crippen LogP contribution in [-0.4, -0.2) is 259 Å². The Morgan fingerprint density at radius 2 is 1.26 bits per heavy atom. The van der Waals surface area contributed by atoms with E-state index in [4.69, 9.17) is 62.1 Å². The van der Waals surface area contributed by atoms with Crippen molar-refractivity contribution in [3.05, 3.63) is 146 Å². The van der Waals surface area contributed by atoms with E-state index in [0.717, 1.165) is 124 Å². The molecule has 11 bridgehead atoms. The summed E-state index contributed by atoms with van der Waals surface area (Å²) in [5, 5.41) is 135. The van der Waals surface area contributed by atoms with Gasteiger partial charge < -0.3 is 173 Å². The van der Waals surface area contributed by atoms with Crippen molar-refractivity contribution in [3.8, 4) is 57.1 Å². The van der Waals surface area contributed by atoms with Gasteiger partial charge in [0.15, 0.2) is 41.9 Å². The number of primary amides is 1. The summed E-state index contributed by atoms with van der Waals surface area (Å²) >= 11 is 14.5. The molecule has 0 saturated carbocycles. The van der Waals surface area contributed by atoms with E-state index in [9.17, 15) is 103 Å². The fourth-order valence-electron chi connectivity index (χ4n) is 16.9. The van der Waals surface area contributed by atoms with Gasteiger partial charge in [-0.25, -0.2) is 4.79 Å². The average molecular weight is 2080 g/mol. The van der Waals surface area contributed by atoms with Crippen molar-refractivity contribution in [2.45, 2.75) is 233 Å². The Morgan fingerprint density at radius 1 is 0.652 bits per heavy atom. The summed E-state index contributed by atoms with van der Waals surface area (Å²) in [7, 11) is -14.3. The molecule has 0 aliphatic carbocycles. The molecule has 8 amide bonds. The third-order valence-electron chi connectivity index (χ3n) is 24.4. The predicted molar refractivity (Wildman–Crippen MR) is 502 cm³/mol. The van der Waals surface area contributed by atoms with Crippen molar-refractivity contribution < 1.29 is 165 Å². The van der Waals surface area contributed by atoms with E-state index in [2.05, 4.69) is 65.4 Å². The van der Waals surface area contributed by atoms with Crippen LogP contribution in [0.2, 0.25) is 10.0 Å². The fourth-order valence-corrected chi connectivity index (χ4v) is 20.3. The summed E-state index contributed by atoms with van der Waals surface area (Å²) in [6.07, 6.45) is -12.4. The standard InChI is InChI=1S/C90H119Cl2N12O34P3/c1-7-8-9-10-11-12-13-14-25-95-26-27-97-90(5)37-66(133-43(4)81(90)115)137-80-78(114)77(113)63(39-105)136-89(80)138-79-61-33-48-34-62(79)135-60-24-19-47(32-54(60)92)75(111)73-87(121)102-71(88(122)132-40-65(109)98-49-20-15-44(16-21-49)29-67(140(126,127)128)141(129,130)131)51-35-58(107)52(38-96-41-139(123,124)125)76(112)68(51)50-30-45(17-22-57(50)106)69(84(118)104-73)101-85(119)70(48)100-83(117)56(36-64(93)108)99-86(120)72(103-82(116)55(94-6)28-42(2)3)74(110)46-18-23-59(134-61)53(91)31-46/h15-24,30-35,42-43,55-56,63,66-67,69-75,77-78,80-81,89,94-97,105-107,110-115H,7-14,25-29,36-41H2,1-6H3,(H2,93,108)(H,98,109)(H,99,120)(H,100,117)(H,101,119)(H,102,121)(H,103,116)(H,104,118)(H2,123,124,125)(H2,126,127,128)(H2,129,130,131). The molecule has 28 N–H and O–H groups in total. The monoisotopic (exact) mass is 2070 g/mol. The van der Waals surface area contributed by atoms with Crippen molar-refractivity contribution in [1.82, 2.24) is 53.2 Å². The van der Waals surface area contributed by atoms with E-state index in [1.807, 2.05) is 0 Å². The molecule has 2 saturated heterocycles. The van der Waals surface area contributed by atoms with Crippen molar-refractivity contribution in [3.63, 3.8) is 0 Å². The van der Waals surface area contributed by atoms with Gasteiger partial charge in [0.05, 0.1) is 53.2 Å². The summed E-state index contributed by atoms with van der Waals surface area (Å²) in [6, 6.07) is 1.02. The van der Waals surface area contributed by atoms with Crippen molar-refractivity contribution in [2.75, 3.05) is 51.5 Å². The number of rotatable bonds is 37. The van der Waals surface area contributed by atoms with Crippen LogP contribution in [0, 0.1) is 5.92 Å². The number of hydrogen-bond donors (Lipinski definition) is 27. The minimum absolute atomic E-state index is 0.0348. The molecule has 0 radical (unpaired) electrons. The predicted octanol–water partition coefficient (Wildman–Crippen LogP) is 3.01. The number of carbonyl (C=O) groups excluding carboxylic acids is 9. The maximum Gasteiger partial charge on any atom is 0.341 e. The zero-order valence-electron chi connectivity index (χ0n) is 77.3. The summed E-state index contributed by atoms with van der Waals surface area (Å²) < 4.78 is 81.6. The van der Waals surface area contributed by atoms with Crippen LogP contribution in [0.4, 0.5) is 5.69 Å². The second-order valence-electron chi connectivity index (χ2n) is 35.7. The lowest BCUT2D eigenvalue weighted by Crippen LogP contribution is -2.65. The lowest BCUT2D eigenvalue weighted by molar-refractivity contribution is -0.334. The summed E-state index contributed by atoms with van der Waals surface area (Å²) in [4.78, 5) is 195. The molecule has 18 atom stereocenters. The number of anilines is 1. The molecule has 46 nitrogen and oxygen atoms in total. The van der Waals surface area contributed by atoms with E-state index in [0.29, 0.717) is 19.2 Å². The number of carbonyl (C=O) groups is 9. The van der Waals surface area contributed by atoms with Crippen LogP contribution < -0.4 is 78.4 Å². The highest BCUT2D eigenvalue weighted by atomic mass is 35.5. The number of unbranched alkanes of at least 4 members (excludes halogenated alkanes) is 7. The van der Waals surface area contributed by atoms with Crippen LogP contribution in [0.3, 0.4) is 0 Å². The number of aliphatic hydroxyl groups is 6. The Hall–Kier alpha value is -10.1. The number of aromatic hydroxyl groups is 3. The van der Waals surface area contributed by atoms with Crippen molar-refractivity contribution in [1.29, 1.82) is 0 Å². The molecule has 2 fully saturated rings. The van der Waals surface area contributed by atoms with Crippen LogP contribution in [0.1, 0.15) is 175 Å². The molecule has 51 heteroatoms. The molecular weight excluding hydrogens is 1960 g/mol. The number of aliphatic hydroxyl groups excluding tert-OH is 6. The molecular formula is C90H119Cl2N12O34P3. The SMILES string of the molecule is CCCCCCCCCCNCCNC1(C)CC(OC2C(Oc3c4cc5cc3Oc3ccc(cc3Cl)C(O)C3NC(=O)C(NC(=O)C5NC(=O)C(CC(N)=O)NC(=O)C(NC(=O)C(CC(C)C)NC)C(O)c5ccc(c(Cl)c5)O4)c4ccc(O)c(c4)-c4c(cc(O)c(CNCP(=O)(O)O)c4O)C(C(=O)OCC(=O)Nc4ccc(CC(P(=O)(O)O)P(=O)(O)O)cc4)NC3=O)OC(CO)C(O)C2O)OC(C)C1O. The number of benzene rings is 6. The van der Waals surface area contributed by atoms with Gasteiger partial charge in [-0.15, -0.1) is 0 Å². The Balaban J connectivity index is 1.08. The average Bonchev–Trinajstić information content (AvgIpc) is 0.756. The Morgan fingerprint density at radius 3 is 1.85 bits per heavy atom. The molecule has 6 aromatic carbocycles. The first kappa shape index (κ1) is 111. The highest BCUT2D eigenvalue weighted by Crippen LogP contribution is 2.61. The number of hydrogen-bond acceptors (Lipinski definition) is 32. The highest BCUT2D eigenvalue weighted by Gasteiger charge is 2.53. The summed E-state index contributed by atoms with van der Waals surface area (Å²) in [6.45, 7) is 7.33. The van der Waals surface area contributed by atoms with Gasteiger partial charge in [0, 0.05) is 54.0 Å². The van der Waals surface area contributed by atoms with E-state index >= 15 is 28.8 Å². The maximum absolute atomic E-state index is 16.6. The van der Waals surface area contributed by atoms with Gasteiger partial charge in [-0.05, 0) is 147 Å². The van der Waals surface area contributed by atoms with E-state index < -0.39 is 325 Å². The second kappa shape index (κ2) is 48.5. The fraction of sp³-hybridized carbons (Fsp3) is 0.500. The molecule has 7 aliphatic rings. The normalized spacial score (nSPS) is 24.8. The summed E-state index contributed by atoms with van der Waals surface area (Å²) in [5.74, 6) is -19.1. The smallest absolute Gasteiger partial charge is 0.341 e. The van der Waals surface area contributed by atoms with E-state index in [-0.39, 0.29) is 35.6 Å². The van der Waals surface area contributed by atoms with Gasteiger partial charge in [0.2, 0.25) is 53.4 Å². The Bertz CT molecular complexity index is 5660. The zero-order valence-corrected chi connectivity index (χ0v) is 81.5. The van der Waals surface area contributed by atoms with Crippen LogP contribution in [0.5, 0.6) is 46.0 Å². The minimum atomic E-state index is -5.41. The Labute approximate surface area is 818 Å². The first-order valence-corrected chi connectivity index (χ1v) is 51.2.